The van der Waals surface area contributed by atoms with Gasteiger partial charge in [-0.05, 0) is 55.3 Å². The third-order valence-corrected chi connectivity index (χ3v) is 4.25. The number of carbonyl (C=O) groups excluding carboxylic acids is 2. The highest BCUT2D eigenvalue weighted by atomic mass is 19.1. The minimum absolute atomic E-state index is 0.0353. The number of benzene rings is 2. The number of hydrogen-bond acceptors (Lipinski definition) is 3. The molecule has 0 aliphatic rings. The number of carbonyl (C=O) groups is 2. The monoisotopic (exact) mass is 381 g/mol. The fourth-order valence-electron chi connectivity index (χ4n) is 2.54. The Kier molecular flexibility index (Phi) is 5.44. The lowest BCUT2D eigenvalue weighted by molar-refractivity contribution is 0.101. The first-order valence-electron chi connectivity index (χ1n) is 8.46. The van der Waals surface area contributed by atoms with Crippen LogP contribution in [0, 0.1) is 25.5 Å². The number of amides is 2. The van der Waals surface area contributed by atoms with Crippen LogP contribution in [0.5, 0.6) is 0 Å². The number of aromatic nitrogens is 1. The second-order valence-corrected chi connectivity index (χ2v) is 6.19. The van der Waals surface area contributed by atoms with Crippen molar-refractivity contribution >= 4 is 23.2 Å². The van der Waals surface area contributed by atoms with Crippen LogP contribution in [0.4, 0.5) is 20.2 Å². The van der Waals surface area contributed by atoms with Crippen molar-refractivity contribution in [2.75, 3.05) is 10.6 Å². The summed E-state index contributed by atoms with van der Waals surface area (Å²) in [7, 11) is 0. The molecule has 0 saturated heterocycles. The number of anilines is 2. The molecule has 1 aromatic heterocycles. The van der Waals surface area contributed by atoms with Gasteiger partial charge in [0, 0.05) is 11.8 Å². The molecule has 28 heavy (non-hydrogen) atoms. The Balaban J connectivity index is 1.78. The molecule has 0 aliphatic carbocycles. The summed E-state index contributed by atoms with van der Waals surface area (Å²) in [6.07, 6.45) is 0. The molecule has 0 radical (unpaired) electrons. The van der Waals surface area contributed by atoms with Crippen LogP contribution in [0.15, 0.2) is 54.6 Å². The van der Waals surface area contributed by atoms with Crippen molar-refractivity contribution in [1.29, 1.82) is 0 Å². The van der Waals surface area contributed by atoms with Crippen LogP contribution in [0.3, 0.4) is 0 Å². The van der Waals surface area contributed by atoms with E-state index in [0.29, 0.717) is 11.8 Å². The summed E-state index contributed by atoms with van der Waals surface area (Å²) in [6.45, 7) is 3.82. The van der Waals surface area contributed by atoms with Crippen molar-refractivity contribution in [3.63, 3.8) is 0 Å². The Morgan fingerprint density at radius 2 is 1.43 bits per heavy atom. The molecule has 2 amide bonds. The summed E-state index contributed by atoms with van der Waals surface area (Å²) in [4.78, 5) is 28.9. The van der Waals surface area contributed by atoms with Crippen LogP contribution in [0.2, 0.25) is 0 Å². The third-order valence-electron chi connectivity index (χ3n) is 4.25. The highest BCUT2D eigenvalue weighted by Gasteiger charge is 2.15. The lowest BCUT2D eigenvalue weighted by Crippen LogP contribution is -2.19. The van der Waals surface area contributed by atoms with E-state index in [4.69, 9.17) is 0 Å². The van der Waals surface area contributed by atoms with E-state index in [9.17, 15) is 18.4 Å². The van der Waals surface area contributed by atoms with E-state index in [1.807, 2.05) is 26.0 Å². The van der Waals surface area contributed by atoms with Crippen LogP contribution in [-0.4, -0.2) is 16.8 Å². The normalized spacial score (nSPS) is 10.4. The fourth-order valence-corrected chi connectivity index (χ4v) is 2.54. The lowest BCUT2D eigenvalue weighted by atomic mass is 10.1. The molecule has 1 heterocycles. The summed E-state index contributed by atoms with van der Waals surface area (Å²) in [5.41, 5.74) is 2.38. The van der Waals surface area contributed by atoms with Gasteiger partial charge in [-0.25, -0.2) is 13.8 Å². The van der Waals surface area contributed by atoms with E-state index in [1.54, 1.807) is 6.07 Å². The van der Waals surface area contributed by atoms with E-state index >= 15 is 0 Å². The van der Waals surface area contributed by atoms with Crippen LogP contribution in [0.1, 0.15) is 32.1 Å². The van der Waals surface area contributed by atoms with E-state index in [1.165, 1.54) is 18.2 Å². The third kappa shape index (κ3) is 4.20. The van der Waals surface area contributed by atoms with E-state index in [2.05, 4.69) is 15.6 Å². The maximum absolute atomic E-state index is 13.7. The average Bonchev–Trinajstić information content (AvgIpc) is 2.67. The number of pyridine rings is 1. The summed E-state index contributed by atoms with van der Waals surface area (Å²) in [5, 5.41) is 5.08. The Morgan fingerprint density at radius 3 is 2.07 bits per heavy atom. The maximum atomic E-state index is 13.7. The second kappa shape index (κ2) is 7.96. The van der Waals surface area contributed by atoms with Crippen molar-refractivity contribution in [3.05, 3.63) is 88.7 Å². The zero-order valence-electron chi connectivity index (χ0n) is 15.2. The first-order chi connectivity index (χ1) is 13.3. The van der Waals surface area contributed by atoms with Gasteiger partial charge >= 0.3 is 0 Å². The number of rotatable bonds is 4. The minimum atomic E-state index is -0.905. The van der Waals surface area contributed by atoms with Crippen molar-refractivity contribution < 1.29 is 18.4 Å². The van der Waals surface area contributed by atoms with Gasteiger partial charge in [0.1, 0.15) is 23.0 Å². The van der Waals surface area contributed by atoms with Crippen molar-refractivity contribution in [2.24, 2.45) is 0 Å². The van der Waals surface area contributed by atoms with Crippen molar-refractivity contribution in [3.8, 4) is 0 Å². The molecule has 7 heteroatoms. The molecule has 0 saturated carbocycles. The van der Waals surface area contributed by atoms with Gasteiger partial charge in [-0.1, -0.05) is 18.2 Å². The van der Waals surface area contributed by atoms with Crippen molar-refractivity contribution in [2.45, 2.75) is 13.8 Å². The van der Waals surface area contributed by atoms with Gasteiger partial charge in [-0.15, -0.1) is 0 Å². The van der Waals surface area contributed by atoms with Crippen LogP contribution in [0.25, 0.3) is 0 Å². The molecule has 0 fully saturated rings. The van der Waals surface area contributed by atoms with Gasteiger partial charge in [0.25, 0.3) is 11.8 Å². The van der Waals surface area contributed by atoms with E-state index in [-0.39, 0.29) is 17.1 Å². The molecule has 0 spiro atoms. The molecular formula is C21H17F2N3O2. The summed E-state index contributed by atoms with van der Waals surface area (Å²) < 4.78 is 26.7. The quantitative estimate of drug-likeness (QED) is 0.700. The molecule has 0 aliphatic heterocycles. The minimum Gasteiger partial charge on any atom is -0.320 e. The molecule has 0 bridgehead atoms. The molecule has 3 rings (SSSR count). The van der Waals surface area contributed by atoms with E-state index < -0.39 is 23.4 Å². The number of nitrogens with one attached hydrogen (secondary N) is 2. The number of aryl methyl sites for hydroxylation is 1. The van der Waals surface area contributed by atoms with Crippen LogP contribution < -0.4 is 10.6 Å². The zero-order chi connectivity index (χ0) is 20.3. The van der Waals surface area contributed by atoms with Gasteiger partial charge in [0.15, 0.2) is 0 Å². The summed E-state index contributed by atoms with van der Waals surface area (Å²) in [5.74, 6) is -2.85. The number of hydrogen-bond donors (Lipinski definition) is 2. The maximum Gasteiger partial charge on any atom is 0.274 e. The number of nitrogens with zero attached hydrogens (tertiary/aromatic N) is 1. The summed E-state index contributed by atoms with van der Waals surface area (Å²) >= 11 is 0. The van der Waals surface area contributed by atoms with Gasteiger partial charge in [-0.2, -0.15) is 0 Å². The molecule has 2 aromatic carbocycles. The Morgan fingerprint density at radius 1 is 0.821 bits per heavy atom. The fraction of sp³-hybridized carbons (Fsp3) is 0.0952. The topological polar surface area (TPSA) is 71.1 Å². The SMILES string of the molecule is Cc1cccc(NC(=O)c2cccc(C(=O)Nc3ccc(F)cc3F)n2)c1C. The highest BCUT2D eigenvalue weighted by Crippen LogP contribution is 2.19. The van der Waals surface area contributed by atoms with Gasteiger partial charge < -0.3 is 10.6 Å². The van der Waals surface area contributed by atoms with Gasteiger partial charge in [0.2, 0.25) is 0 Å². The largest absolute Gasteiger partial charge is 0.320 e. The smallest absolute Gasteiger partial charge is 0.274 e. The zero-order valence-corrected chi connectivity index (χ0v) is 15.2. The lowest BCUT2D eigenvalue weighted by Gasteiger charge is -2.11. The second-order valence-electron chi connectivity index (χ2n) is 6.19. The van der Waals surface area contributed by atoms with Crippen LogP contribution in [-0.2, 0) is 0 Å². The highest BCUT2D eigenvalue weighted by molar-refractivity contribution is 6.06. The standard InChI is InChI=1S/C21H17F2N3O2/c1-12-5-3-6-16(13(12)2)25-20(27)18-7-4-8-19(24-18)21(28)26-17-10-9-14(22)11-15(17)23/h3-11H,1-2H3,(H,25,27)(H,26,28). The predicted octanol–water partition coefficient (Wildman–Crippen LogP) is 4.48. The first-order valence-corrected chi connectivity index (χ1v) is 8.46. The molecular weight excluding hydrogens is 364 g/mol. The van der Waals surface area contributed by atoms with Crippen molar-refractivity contribution in [1.82, 2.24) is 4.98 Å². The van der Waals surface area contributed by atoms with Gasteiger partial charge in [-0.3, -0.25) is 9.59 Å². The van der Waals surface area contributed by atoms with E-state index in [0.717, 1.165) is 23.3 Å². The molecule has 0 atom stereocenters. The summed E-state index contributed by atoms with van der Waals surface area (Å²) in [6, 6.07) is 12.7. The molecule has 142 valence electrons. The average molecular weight is 381 g/mol. The molecule has 3 aromatic rings. The predicted molar refractivity (Wildman–Crippen MR) is 102 cm³/mol. The Labute approximate surface area is 160 Å². The first kappa shape index (κ1) is 19.2. The molecule has 5 nitrogen and oxygen atoms in total. The number of halogens is 2. The molecule has 0 unspecified atom stereocenters. The molecule has 2 N–H and O–H groups in total. The van der Waals surface area contributed by atoms with Gasteiger partial charge in [0.05, 0.1) is 5.69 Å². The Bertz CT molecular complexity index is 1070. The Hall–Kier alpha value is -3.61. The van der Waals surface area contributed by atoms with Crippen LogP contribution >= 0.6 is 0 Å².